The van der Waals surface area contributed by atoms with Crippen LogP contribution in [-0.2, 0) is 6.54 Å². The van der Waals surface area contributed by atoms with Crippen molar-refractivity contribution in [2.45, 2.75) is 31.0 Å². The zero-order valence-corrected chi connectivity index (χ0v) is 32.1. The monoisotopic (exact) mass is 743 g/mol. The first-order valence-electron chi connectivity index (χ1n) is 20.6. The van der Waals surface area contributed by atoms with Gasteiger partial charge < -0.3 is 14.4 Å². The molecule has 2 aliphatic carbocycles. The summed E-state index contributed by atoms with van der Waals surface area (Å²) in [5.74, 6) is 0.372. The van der Waals surface area contributed by atoms with Crippen LogP contribution in [0, 0.1) is 0 Å². The second-order valence-electron chi connectivity index (χ2n) is 16.0. The first-order chi connectivity index (χ1) is 28.8. The molecule has 0 bridgehead atoms. The molecular weight excluding hydrogens is 703 g/mol. The minimum absolute atomic E-state index is 0.232. The first kappa shape index (κ1) is 33.1. The van der Waals surface area contributed by atoms with Crippen LogP contribution in [-0.4, -0.2) is 16.7 Å². The summed E-state index contributed by atoms with van der Waals surface area (Å²) in [6.07, 6.45) is 17.0. The van der Waals surface area contributed by atoms with Gasteiger partial charge in [0, 0.05) is 51.5 Å². The van der Waals surface area contributed by atoms with Crippen LogP contribution in [0.1, 0.15) is 29.0 Å². The molecule has 4 aliphatic rings. The Morgan fingerprint density at radius 3 is 2.21 bits per heavy atom. The number of para-hydroxylation sites is 3. The van der Waals surface area contributed by atoms with Crippen molar-refractivity contribution >= 4 is 44.4 Å². The van der Waals surface area contributed by atoms with E-state index in [0.29, 0.717) is 12.0 Å². The molecular formula is C55H41N3. The molecule has 3 nitrogen and oxygen atoms in total. The number of aromatic nitrogens is 1. The van der Waals surface area contributed by atoms with E-state index in [1.54, 1.807) is 0 Å². The summed E-state index contributed by atoms with van der Waals surface area (Å²) in [6, 6.07) is 61.2. The van der Waals surface area contributed by atoms with E-state index in [9.17, 15) is 0 Å². The molecule has 12 rings (SSSR count). The normalized spacial score (nSPS) is 18.7. The Balaban J connectivity index is 0.976. The molecule has 0 saturated carbocycles. The molecule has 1 aromatic heterocycles. The quantitative estimate of drug-likeness (QED) is 0.168. The van der Waals surface area contributed by atoms with Gasteiger partial charge in [0.2, 0.25) is 0 Å². The van der Waals surface area contributed by atoms with E-state index < -0.39 is 0 Å². The number of hydrogen-bond acceptors (Lipinski definition) is 2. The maximum Gasteiger partial charge on any atom is 0.0632 e. The molecule has 2 unspecified atom stereocenters. The van der Waals surface area contributed by atoms with E-state index in [-0.39, 0.29) is 6.04 Å². The zero-order chi connectivity index (χ0) is 38.2. The largest absolute Gasteiger partial charge is 0.359 e. The molecule has 58 heavy (non-hydrogen) atoms. The summed E-state index contributed by atoms with van der Waals surface area (Å²) in [7, 11) is 0. The molecule has 0 amide bonds. The van der Waals surface area contributed by atoms with E-state index in [4.69, 9.17) is 0 Å². The van der Waals surface area contributed by atoms with Crippen molar-refractivity contribution in [2.75, 3.05) is 9.80 Å². The number of allylic oxidation sites excluding steroid dienone is 4. The third-order valence-electron chi connectivity index (χ3n) is 12.9. The first-order valence-corrected chi connectivity index (χ1v) is 20.6. The maximum atomic E-state index is 2.62. The molecule has 0 radical (unpaired) electrons. The average Bonchev–Trinajstić information content (AvgIpc) is 3.93. The van der Waals surface area contributed by atoms with Crippen LogP contribution in [0.15, 0.2) is 206 Å². The highest BCUT2D eigenvalue weighted by atomic mass is 15.2. The predicted octanol–water partition coefficient (Wildman–Crippen LogP) is 13.6. The van der Waals surface area contributed by atoms with Gasteiger partial charge in [-0.15, -0.1) is 0 Å². The van der Waals surface area contributed by atoms with E-state index in [1.807, 2.05) is 0 Å². The SMILES string of the molecule is C1=CCC2C(=C1)c1cc(-n3c4ccccc4c4cccc(CN5c6ccccc6C6C=CC=C[C@@H]65)c43)ccc1N2c1cccc(-c2cccc(-c3ccccc3)c2)c1. The number of anilines is 3. The summed E-state index contributed by atoms with van der Waals surface area (Å²) in [5, 5.41) is 2.58. The Morgan fingerprint density at radius 2 is 1.28 bits per heavy atom. The van der Waals surface area contributed by atoms with E-state index >= 15 is 0 Å². The summed E-state index contributed by atoms with van der Waals surface area (Å²) in [6.45, 7) is 0.825. The van der Waals surface area contributed by atoms with Crippen LogP contribution in [0.5, 0.6) is 0 Å². The third kappa shape index (κ3) is 5.13. The van der Waals surface area contributed by atoms with Crippen LogP contribution >= 0.6 is 0 Å². The molecule has 3 atom stereocenters. The Labute approximate surface area is 339 Å². The Hall–Kier alpha value is -7.10. The van der Waals surface area contributed by atoms with Crippen LogP contribution < -0.4 is 9.80 Å². The van der Waals surface area contributed by atoms with Gasteiger partial charge in [-0.3, -0.25) is 0 Å². The number of nitrogens with zero attached hydrogens (tertiary/aromatic N) is 3. The number of fused-ring (bicyclic) bond motifs is 9. The second-order valence-corrected chi connectivity index (χ2v) is 16.0. The Morgan fingerprint density at radius 1 is 0.534 bits per heavy atom. The van der Waals surface area contributed by atoms with Crippen molar-refractivity contribution in [1.29, 1.82) is 0 Å². The molecule has 3 heterocycles. The van der Waals surface area contributed by atoms with E-state index in [0.717, 1.165) is 13.0 Å². The average molecular weight is 744 g/mol. The van der Waals surface area contributed by atoms with Crippen molar-refractivity contribution in [1.82, 2.24) is 4.57 Å². The number of rotatable bonds is 6. The summed E-state index contributed by atoms with van der Waals surface area (Å²) in [5.41, 5.74) is 17.9. The molecule has 0 spiro atoms. The van der Waals surface area contributed by atoms with Gasteiger partial charge in [-0.05, 0) is 93.9 Å². The van der Waals surface area contributed by atoms with Gasteiger partial charge in [-0.1, -0.05) is 158 Å². The fraction of sp³-hybridized carbons (Fsp3) is 0.0909. The van der Waals surface area contributed by atoms with Gasteiger partial charge in [-0.2, -0.15) is 0 Å². The third-order valence-corrected chi connectivity index (χ3v) is 12.9. The molecule has 7 aromatic carbocycles. The smallest absolute Gasteiger partial charge is 0.0632 e. The highest BCUT2D eigenvalue weighted by molar-refractivity contribution is 6.10. The van der Waals surface area contributed by atoms with Crippen LogP contribution in [0.25, 0.3) is 55.3 Å². The highest BCUT2D eigenvalue weighted by Gasteiger charge is 2.38. The molecule has 3 heteroatoms. The predicted molar refractivity (Wildman–Crippen MR) is 243 cm³/mol. The summed E-state index contributed by atoms with van der Waals surface area (Å²) in [4.78, 5) is 5.19. The summed E-state index contributed by atoms with van der Waals surface area (Å²) < 4.78 is 2.54. The maximum absolute atomic E-state index is 2.62. The molecule has 2 aliphatic heterocycles. The van der Waals surface area contributed by atoms with Crippen molar-refractivity contribution in [3.05, 3.63) is 223 Å². The highest BCUT2D eigenvalue weighted by Crippen LogP contribution is 2.50. The lowest BCUT2D eigenvalue weighted by Crippen LogP contribution is -2.32. The molecule has 0 saturated heterocycles. The van der Waals surface area contributed by atoms with Crippen molar-refractivity contribution in [2.24, 2.45) is 0 Å². The van der Waals surface area contributed by atoms with Crippen molar-refractivity contribution < 1.29 is 0 Å². The van der Waals surface area contributed by atoms with Gasteiger partial charge >= 0.3 is 0 Å². The van der Waals surface area contributed by atoms with Gasteiger partial charge in [0.25, 0.3) is 0 Å². The second kappa shape index (κ2) is 13.2. The van der Waals surface area contributed by atoms with Gasteiger partial charge in [0.05, 0.1) is 23.1 Å². The van der Waals surface area contributed by atoms with Crippen LogP contribution in [0.4, 0.5) is 17.1 Å². The molecule has 0 N–H and O–H groups in total. The van der Waals surface area contributed by atoms with Gasteiger partial charge in [-0.25, -0.2) is 0 Å². The lowest BCUT2D eigenvalue weighted by Gasteiger charge is -2.29. The standard InChI is InChI=1S/C55H41N3/c1-2-15-37(16-3-1)38-17-12-18-39(33-38)40-19-13-21-42(34-40)57-52-29-10-7-25-47(52)49-35-43(31-32-54(49)57)58-53-30-11-6-24-46(53)48-26-14-20-41(55(48)58)36-56-50-27-8-4-22-44(50)45-23-5-9-28-51(45)56/h1-28,30-35,44,50,52H,29,36H2/t44?,50-,52?/m0/s1. The Kier molecular flexibility index (Phi) is 7.56. The van der Waals surface area contributed by atoms with Gasteiger partial charge in [0.1, 0.15) is 0 Å². The lowest BCUT2D eigenvalue weighted by molar-refractivity contribution is 0.673. The minimum Gasteiger partial charge on any atom is -0.359 e. The fourth-order valence-electron chi connectivity index (χ4n) is 10.3. The lowest BCUT2D eigenvalue weighted by atomic mass is 9.91. The number of benzene rings is 7. The van der Waals surface area contributed by atoms with Crippen LogP contribution in [0.2, 0.25) is 0 Å². The Bertz CT molecular complexity index is 3050. The molecule has 8 aromatic rings. The molecule has 0 fully saturated rings. The van der Waals surface area contributed by atoms with E-state index in [2.05, 4.69) is 221 Å². The fourth-order valence-corrected chi connectivity index (χ4v) is 10.3. The van der Waals surface area contributed by atoms with Gasteiger partial charge in [0.15, 0.2) is 0 Å². The van der Waals surface area contributed by atoms with Crippen molar-refractivity contribution in [3.63, 3.8) is 0 Å². The van der Waals surface area contributed by atoms with Crippen molar-refractivity contribution in [3.8, 4) is 27.9 Å². The number of hydrogen-bond donors (Lipinski definition) is 0. The van der Waals surface area contributed by atoms with E-state index in [1.165, 1.54) is 89.1 Å². The van der Waals surface area contributed by atoms with Crippen LogP contribution in [0.3, 0.4) is 0 Å². The topological polar surface area (TPSA) is 11.4 Å². The minimum atomic E-state index is 0.232. The summed E-state index contributed by atoms with van der Waals surface area (Å²) >= 11 is 0. The zero-order valence-electron chi connectivity index (χ0n) is 32.1. The molecule has 276 valence electrons.